The third kappa shape index (κ3) is 28.5. The molecule has 0 radical (unpaired) electrons. The lowest BCUT2D eigenvalue weighted by atomic mass is 9.93. The summed E-state index contributed by atoms with van der Waals surface area (Å²) in [5.41, 5.74) is 2.53. The summed E-state index contributed by atoms with van der Waals surface area (Å²) in [5.74, 6) is -1.95. The van der Waals surface area contributed by atoms with Crippen LogP contribution in [0.15, 0.2) is 18.7 Å². The van der Waals surface area contributed by atoms with Crippen LogP contribution in [0.1, 0.15) is 32.9 Å². The van der Waals surface area contributed by atoms with Gasteiger partial charge in [-0.1, -0.05) is 26.0 Å². The van der Waals surface area contributed by atoms with Gasteiger partial charge in [-0.25, -0.2) is 4.68 Å². The van der Waals surface area contributed by atoms with Crippen LogP contribution < -0.4 is 32.1 Å². The van der Waals surface area contributed by atoms with Gasteiger partial charge in [0.2, 0.25) is 23.6 Å². The van der Waals surface area contributed by atoms with Crippen molar-refractivity contribution < 1.29 is 52.8 Å². The molecule has 1 heterocycles. The average molecular weight is 732 g/mol. The molecule has 0 unspecified atom stereocenters. The smallest absolute Gasteiger partial charge is 0.239 e. The minimum absolute atomic E-state index is 0.141. The van der Waals surface area contributed by atoms with Gasteiger partial charge in [0.05, 0.1) is 98.4 Å². The van der Waals surface area contributed by atoms with Crippen LogP contribution in [-0.4, -0.2) is 149 Å². The molecule has 0 atom stereocenters. The lowest BCUT2D eigenvalue weighted by Gasteiger charge is -2.17. The summed E-state index contributed by atoms with van der Waals surface area (Å²) in [7, 11) is 0. The van der Waals surface area contributed by atoms with Gasteiger partial charge in [-0.05, 0) is 18.4 Å². The number of rotatable bonds is 32. The SMILES string of the molecule is C=C(NCCNC(=O)CNC(=O)CNC(=O)CNC(=O)CNO)OCc1cn(CCOCCOCCOCCOCCOCCC(C)(C)C)nn1. The Morgan fingerprint density at radius 3 is 1.65 bits per heavy atom. The van der Waals surface area contributed by atoms with Gasteiger partial charge in [0.1, 0.15) is 12.3 Å². The summed E-state index contributed by atoms with van der Waals surface area (Å²) in [4.78, 5) is 46.4. The number of hydrogen-bond acceptors (Lipinski definition) is 15. The fourth-order valence-electron chi connectivity index (χ4n) is 3.51. The molecule has 0 aromatic carbocycles. The van der Waals surface area contributed by atoms with Crippen molar-refractivity contribution in [3.05, 3.63) is 24.4 Å². The van der Waals surface area contributed by atoms with Gasteiger partial charge in [0, 0.05) is 19.7 Å². The maximum atomic E-state index is 11.9. The van der Waals surface area contributed by atoms with Crippen molar-refractivity contribution in [1.82, 2.24) is 47.1 Å². The van der Waals surface area contributed by atoms with Crippen molar-refractivity contribution in [2.24, 2.45) is 5.41 Å². The van der Waals surface area contributed by atoms with E-state index in [0.717, 1.165) is 13.0 Å². The van der Waals surface area contributed by atoms with Crippen LogP contribution in [0, 0.1) is 5.41 Å². The molecule has 0 aliphatic rings. The molecule has 51 heavy (non-hydrogen) atoms. The van der Waals surface area contributed by atoms with E-state index in [1.165, 1.54) is 0 Å². The molecule has 0 fully saturated rings. The van der Waals surface area contributed by atoms with Crippen LogP contribution in [0.4, 0.5) is 0 Å². The maximum Gasteiger partial charge on any atom is 0.239 e. The molecule has 1 aromatic rings. The van der Waals surface area contributed by atoms with E-state index in [2.05, 4.69) is 64.2 Å². The molecule has 0 saturated carbocycles. The van der Waals surface area contributed by atoms with Crippen molar-refractivity contribution in [2.45, 2.75) is 40.3 Å². The van der Waals surface area contributed by atoms with Crippen LogP contribution in [0.5, 0.6) is 0 Å². The topological polar surface area (TPSA) is 247 Å². The number of carbonyl (C=O) groups is 4. The second kappa shape index (κ2) is 28.7. The van der Waals surface area contributed by atoms with Crippen molar-refractivity contribution in [3.63, 3.8) is 0 Å². The van der Waals surface area contributed by atoms with Crippen LogP contribution in [-0.2, 0) is 60.8 Å². The second-order valence-electron chi connectivity index (χ2n) is 12.0. The first-order valence-corrected chi connectivity index (χ1v) is 16.8. The number of nitrogens with zero attached hydrogens (tertiary/aromatic N) is 3. The zero-order valence-electron chi connectivity index (χ0n) is 30.1. The van der Waals surface area contributed by atoms with Crippen LogP contribution in [0.2, 0.25) is 0 Å². The van der Waals surface area contributed by atoms with E-state index < -0.39 is 23.6 Å². The van der Waals surface area contributed by atoms with Crippen molar-refractivity contribution in [2.75, 3.05) is 105 Å². The second-order valence-corrected chi connectivity index (χ2v) is 12.0. The monoisotopic (exact) mass is 731 g/mol. The summed E-state index contributed by atoms with van der Waals surface area (Å²) in [6.07, 6.45) is 2.76. The molecule has 0 spiro atoms. The number of ether oxygens (including phenoxy) is 6. The number of carbonyl (C=O) groups excluding carboxylic acids is 4. The molecule has 292 valence electrons. The molecular weight excluding hydrogens is 674 g/mol. The Hall–Kier alpha value is -3.92. The van der Waals surface area contributed by atoms with E-state index in [1.54, 1.807) is 16.4 Å². The number of hydrogen-bond donors (Lipinski definition) is 7. The van der Waals surface area contributed by atoms with E-state index in [-0.39, 0.29) is 50.6 Å². The van der Waals surface area contributed by atoms with Crippen LogP contribution >= 0.6 is 0 Å². The largest absolute Gasteiger partial charge is 0.473 e. The Morgan fingerprint density at radius 1 is 0.686 bits per heavy atom. The molecule has 0 aliphatic heterocycles. The Morgan fingerprint density at radius 2 is 1.14 bits per heavy atom. The van der Waals surface area contributed by atoms with E-state index in [9.17, 15) is 19.2 Å². The summed E-state index contributed by atoms with van der Waals surface area (Å²) >= 11 is 0. The first kappa shape index (κ1) is 45.1. The normalized spacial score (nSPS) is 11.1. The molecule has 0 aliphatic carbocycles. The summed E-state index contributed by atoms with van der Waals surface area (Å²) in [6.45, 7) is 15.4. The molecule has 20 heteroatoms. The van der Waals surface area contributed by atoms with Gasteiger partial charge in [0.25, 0.3) is 0 Å². The third-order valence-corrected chi connectivity index (χ3v) is 6.28. The highest BCUT2D eigenvalue weighted by molar-refractivity contribution is 5.90. The van der Waals surface area contributed by atoms with Crippen LogP contribution in [0.3, 0.4) is 0 Å². The zero-order valence-corrected chi connectivity index (χ0v) is 30.1. The Kier molecular flexibility index (Phi) is 25.4. The Balaban J connectivity index is 1.94. The summed E-state index contributed by atoms with van der Waals surface area (Å²) in [5, 5.41) is 28.9. The van der Waals surface area contributed by atoms with E-state index >= 15 is 0 Å². The molecule has 20 nitrogen and oxygen atoms in total. The van der Waals surface area contributed by atoms with Gasteiger partial charge >= 0.3 is 0 Å². The quantitative estimate of drug-likeness (QED) is 0.0237. The number of aromatic nitrogens is 3. The highest BCUT2D eigenvalue weighted by Crippen LogP contribution is 2.17. The summed E-state index contributed by atoms with van der Waals surface area (Å²) < 4.78 is 34.8. The van der Waals surface area contributed by atoms with Crippen molar-refractivity contribution in [3.8, 4) is 0 Å². The third-order valence-electron chi connectivity index (χ3n) is 6.28. The van der Waals surface area contributed by atoms with Gasteiger partial charge < -0.3 is 60.2 Å². The molecule has 7 N–H and O–H groups in total. The van der Waals surface area contributed by atoms with Crippen molar-refractivity contribution >= 4 is 23.6 Å². The van der Waals surface area contributed by atoms with Gasteiger partial charge in [-0.15, -0.1) is 5.10 Å². The predicted molar refractivity (Wildman–Crippen MR) is 182 cm³/mol. The first-order valence-electron chi connectivity index (χ1n) is 16.8. The standard InChI is InChI=1S/C31H57N9O11/c1-25(32-6-7-33-27(41)19-34-28(42)20-35-29(43)21-36-30(44)22-37-45)51-24-26-23-40(39-38-26)8-10-47-12-14-49-16-18-50-17-15-48-13-11-46-9-5-31(2,3)4/h23,32,37,45H,1,5-22,24H2,2-4H3,(H,33,41)(H,34,42)(H,35,43)(H,36,44). The number of hydroxylamine groups is 1. The van der Waals surface area contributed by atoms with Gasteiger partial charge in [0.15, 0.2) is 5.88 Å². The molecule has 0 bridgehead atoms. The van der Waals surface area contributed by atoms with Crippen molar-refractivity contribution in [1.29, 1.82) is 0 Å². The highest BCUT2D eigenvalue weighted by Gasteiger charge is 2.10. The molecule has 4 amide bonds. The molecular formula is C31H57N9O11. The molecule has 0 saturated heterocycles. The lowest BCUT2D eigenvalue weighted by Crippen LogP contribution is -2.45. The fraction of sp³-hybridized carbons (Fsp3) is 0.742. The molecule has 1 rings (SSSR count). The van der Waals surface area contributed by atoms with E-state index in [1.807, 2.05) is 0 Å². The molecule has 1 aromatic heterocycles. The zero-order chi connectivity index (χ0) is 37.6. The minimum atomic E-state index is -0.609. The van der Waals surface area contributed by atoms with Gasteiger partial charge in [-0.3, -0.25) is 19.2 Å². The lowest BCUT2D eigenvalue weighted by molar-refractivity contribution is -0.128. The minimum Gasteiger partial charge on any atom is -0.473 e. The Bertz CT molecular complexity index is 1130. The van der Waals surface area contributed by atoms with Gasteiger partial charge in [-0.2, -0.15) is 5.48 Å². The number of nitrogens with one attached hydrogen (secondary N) is 6. The fourth-order valence-corrected chi connectivity index (χ4v) is 3.51. The average Bonchev–Trinajstić information content (AvgIpc) is 3.55. The predicted octanol–water partition coefficient (Wildman–Crippen LogP) is -2.18. The van der Waals surface area contributed by atoms with E-state index in [4.69, 9.17) is 33.6 Å². The first-order chi connectivity index (χ1) is 24.5. The maximum absolute atomic E-state index is 11.9. The van der Waals surface area contributed by atoms with Crippen LogP contribution in [0.25, 0.3) is 0 Å². The summed E-state index contributed by atoms with van der Waals surface area (Å²) in [6, 6.07) is 0. The Labute approximate surface area is 298 Å². The highest BCUT2D eigenvalue weighted by atomic mass is 16.6. The number of amides is 4. The van der Waals surface area contributed by atoms with E-state index in [0.29, 0.717) is 78.2 Å².